The molecule has 240 valence electrons. The summed E-state index contributed by atoms with van der Waals surface area (Å²) in [6.45, 7) is 12.7. The van der Waals surface area contributed by atoms with Gasteiger partial charge in [-0.05, 0) is 88.9 Å². The van der Waals surface area contributed by atoms with Gasteiger partial charge < -0.3 is 23.7 Å². The lowest BCUT2D eigenvalue weighted by molar-refractivity contribution is -0.344. The molecular weight excluding hydrogens is 540 g/mol. The van der Waals surface area contributed by atoms with Gasteiger partial charge in [-0.15, -0.1) is 6.58 Å². The normalized spacial score (nSPS) is 29.9. The number of esters is 2. The molecular formula is C33H54O9. The summed E-state index contributed by atoms with van der Waals surface area (Å²) in [5, 5.41) is 0. The van der Waals surface area contributed by atoms with Gasteiger partial charge in [0, 0.05) is 25.7 Å². The predicted octanol–water partition coefficient (Wildman–Crippen LogP) is 5.90. The molecule has 0 saturated heterocycles. The van der Waals surface area contributed by atoms with E-state index in [0.29, 0.717) is 51.5 Å². The van der Waals surface area contributed by atoms with Crippen LogP contribution in [-0.4, -0.2) is 76.0 Å². The maximum atomic E-state index is 12.8. The Morgan fingerprint density at radius 1 is 0.786 bits per heavy atom. The summed E-state index contributed by atoms with van der Waals surface area (Å²) in [7, 11) is 0. The molecule has 3 fully saturated rings. The van der Waals surface area contributed by atoms with Crippen molar-refractivity contribution in [3.05, 3.63) is 25.3 Å². The summed E-state index contributed by atoms with van der Waals surface area (Å²) in [5.41, 5.74) is 0. The Bertz CT molecular complexity index is 786. The Morgan fingerprint density at radius 2 is 1.43 bits per heavy atom. The molecule has 3 aliphatic rings. The van der Waals surface area contributed by atoms with Gasteiger partial charge in [0.1, 0.15) is 6.10 Å². The number of carbonyl (C=O) groups is 2. The summed E-state index contributed by atoms with van der Waals surface area (Å²) in [4.78, 5) is 35.5. The molecule has 9 nitrogen and oxygen atoms in total. The molecule has 3 atom stereocenters. The van der Waals surface area contributed by atoms with Crippen molar-refractivity contribution < 1.29 is 43.0 Å². The second-order valence-corrected chi connectivity index (χ2v) is 12.1. The monoisotopic (exact) mass is 594 g/mol. The lowest BCUT2D eigenvalue weighted by atomic mass is 9.85. The fraction of sp³-hybridized carbons (Fsp3) is 0.818. The molecule has 0 radical (unpaired) electrons. The zero-order chi connectivity index (χ0) is 30.0. The first-order valence-electron chi connectivity index (χ1n) is 16.2. The summed E-state index contributed by atoms with van der Waals surface area (Å²) in [6, 6.07) is 0. The van der Waals surface area contributed by atoms with E-state index in [1.165, 1.54) is 0 Å². The minimum atomic E-state index is -0.411. The van der Waals surface area contributed by atoms with E-state index in [-0.39, 0.29) is 36.1 Å². The topological polar surface area (TPSA) is 98.8 Å². The van der Waals surface area contributed by atoms with E-state index in [2.05, 4.69) is 20.1 Å². The van der Waals surface area contributed by atoms with Gasteiger partial charge in [-0.2, -0.15) is 0 Å². The summed E-state index contributed by atoms with van der Waals surface area (Å²) < 4.78 is 28.2. The molecule has 3 unspecified atom stereocenters. The average molecular weight is 595 g/mol. The maximum Gasteiger partial charge on any atom is 0.330 e. The third kappa shape index (κ3) is 13.2. The van der Waals surface area contributed by atoms with Crippen LogP contribution in [0.15, 0.2) is 25.3 Å². The third-order valence-electron chi connectivity index (χ3n) is 8.70. The molecule has 0 aliphatic heterocycles. The molecule has 42 heavy (non-hydrogen) atoms. The van der Waals surface area contributed by atoms with Crippen LogP contribution < -0.4 is 0 Å². The van der Waals surface area contributed by atoms with Gasteiger partial charge in [0.05, 0.1) is 50.7 Å². The van der Waals surface area contributed by atoms with Crippen molar-refractivity contribution in [3.63, 3.8) is 0 Å². The van der Waals surface area contributed by atoms with Crippen molar-refractivity contribution >= 4 is 11.9 Å². The zero-order valence-corrected chi connectivity index (χ0v) is 25.7. The minimum absolute atomic E-state index is 0.0378. The van der Waals surface area contributed by atoms with Crippen molar-refractivity contribution in [1.29, 1.82) is 0 Å². The standard InChI is InChI=1S/C33H54O9/c1-4-18-36-19-6-20-37-28-12-8-26(9-13-28)24-40-42-31-17-16-30(23-25(31)3)41-33(35)27-10-14-29(15-11-27)38-21-7-22-39-32(34)5-2/h4-5,25-31H,1-2,6-24H2,3H3. The molecule has 0 bridgehead atoms. The van der Waals surface area contributed by atoms with Crippen molar-refractivity contribution in [2.24, 2.45) is 17.8 Å². The zero-order valence-electron chi connectivity index (χ0n) is 25.7. The first-order chi connectivity index (χ1) is 20.5. The summed E-state index contributed by atoms with van der Waals surface area (Å²) in [6.07, 6.45) is 15.0. The molecule has 0 aromatic rings. The van der Waals surface area contributed by atoms with Crippen LogP contribution in [0.4, 0.5) is 0 Å². The smallest absolute Gasteiger partial charge is 0.330 e. The molecule has 0 aromatic heterocycles. The molecule has 3 rings (SSSR count). The molecule has 0 spiro atoms. The van der Waals surface area contributed by atoms with Gasteiger partial charge in [-0.25, -0.2) is 14.6 Å². The molecule has 0 N–H and O–H groups in total. The average Bonchev–Trinajstić information content (AvgIpc) is 3.00. The maximum absolute atomic E-state index is 12.8. The van der Waals surface area contributed by atoms with Gasteiger partial charge in [-0.1, -0.05) is 19.6 Å². The first-order valence-corrected chi connectivity index (χ1v) is 16.2. The largest absolute Gasteiger partial charge is 0.462 e. The van der Waals surface area contributed by atoms with Crippen LogP contribution in [0.25, 0.3) is 0 Å². The van der Waals surface area contributed by atoms with Crippen LogP contribution in [0.1, 0.15) is 90.4 Å². The van der Waals surface area contributed by atoms with Crippen molar-refractivity contribution in [2.75, 3.05) is 39.6 Å². The lowest BCUT2D eigenvalue weighted by Crippen LogP contribution is -2.37. The van der Waals surface area contributed by atoms with Crippen LogP contribution in [0.2, 0.25) is 0 Å². The van der Waals surface area contributed by atoms with Gasteiger partial charge in [0.25, 0.3) is 0 Å². The highest BCUT2D eigenvalue weighted by atomic mass is 17.2. The lowest BCUT2D eigenvalue weighted by Gasteiger charge is -2.34. The van der Waals surface area contributed by atoms with Gasteiger partial charge in [0.2, 0.25) is 0 Å². The Kier molecular flexibility index (Phi) is 16.7. The number of ether oxygens (including phenoxy) is 5. The highest BCUT2D eigenvalue weighted by molar-refractivity contribution is 5.81. The fourth-order valence-electron chi connectivity index (χ4n) is 6.10. The highest BCUT2D eigenvalue weighted by Crippen LogP contribution is 2.33. The van der Waals surface area contributed by atoms with Gasteiger partial charge in [0.15, 0.2) is 0 Å². The quantitative estimate of drug-likeness (QED) is 0.0452. The van der Waals surface area contributed by atoms with E-state index in [0.717, 1.165) is 89.7 Å². The van der Waals surface area contributed by atoms with E-state index < -0.39 is 5.97 Å². The van der Waals surface area contributed by atoms with E-state index in [9.17, 15) is 9.59 Å². The number of rotatable bonds is 19. The van der Waals surface area contributed by atoms with Crippen molar-refractivity contribution in [3.8, 4) is 0 Å². The van der Waals surface area contributed by atoms with Crippen LogP contribution in [0.3, 0.4) is 0 Å². The van der Waals surface area contributed by atoms with Crippen LogP contribution >= 0.6 is 0 Å². The number of hydrogen-bond acceptors (Lipinski definition) is 9. The van der Waals surface area contributed by atoms with Crippen LogP contribution in [0.5, 0.6) is 0 Å². The second-order valence-electron chi connectivity index (χ2n) is 12.1. The van der Waals surface area contributed by atoms with Crippen LogP contribution in [0, 0.1) is 17.8 Å². The van der Waals surface area contributed by atoms with Crippen molar-refractivity contribution in [2.45, 2.75) is 115 Å². The first kappa shape index (κ1) is 34.7. The van der Waals surface area contributed by atoms with E-state index in [1.54, 1.807) is 6.08 Å². The van der Waals surface area contributed by atoms with Crippen molar-refractivity contribution in [1.82, 2.24) is 0 Å². The predicted molar refractivity (Wildman–Crippen MR) is 159 cm³/mol. The number of carbonyl (C=O) groups excluding carboxylic acids is 2. The van der Waals surface area contributed by atoms with E-state index >= 15 is 0 Å². The van der Waals surface area contributed by atoms with Gasteiger partial charge in [-0.3, -0.25) is 4.79 Å². The Hall–Kier alpha value is -1.78. The van der Waals surface area contributed by atoms with E-state index in [1.807, 2.05) is 0 Å². The number of hydrogen-bond donors (Lipinski definition) is 0. The highest BCUT2D eigenvalue weighted by Gasteiger charge is 2.34. The second kappa shape index (κ2) is 20.2. The molecule has 3 saturated carbocycles. The molecule has 0 aromatic carbocycles. The summed E-state index contributed by atoms with van der Waals surface area (Å²) in [5.74, 6) is 0.244. The molecule has 3 aliphatic carbocycles. The third-order valence-corrected chi connectivity index (χ3v) is 8.70. The minimum Gasteiger partial charge on any atom is -0.462 e. The molecule has 0 amide bonds. The van der Waals surface area contributed by atoms with E-state index in [4.69, 9.17) is 33.5 Å². The molecule has 9 heteroatoms. The Balaban J connectivity index is 1.19. The SMILES string of the molecule is C=CCOCCCOC1CCC(COOC2CCC(OC(=O)C3CCC(OCCCOC(=O)C=C)CC3)CC2C)CC1. The fourth-order valence-corrected chi connectivity index (χ4v) is 6.10. The Labute approximate surface area is 252 Å². The molecule has 0 heterocycles. The van der Waals surface area contributed by atoms with Gasteiger partial charge >= 0.3 is 11.9 Å². The Morgan fingerprint density at radius 3 is 2.07 bits per heavy atom. The summed E-state index contributed by atoms with van der Waals surface area (Å²) >= 11 is 0. The van der Waals surface area contributed by atoms with Crippen LogP contribution in [-0.2, 0) is 43.0 Å².